The van der Waals surface area contributed by atoms with Crippen molar-refractivity contribution in [2.24, 2.45) is 4.99 Å². The first-order valence-electron chi connectivity index (χ1n) is 13.3. The van der Waals surface area contributed by atoms with Gasteiger partial charge in [-0.3, -0.25) is 28.9 Å². The van der Waals surface area contributed by atoms with Crippen molar-refractivity contribution in [3.63, 3.8) is 0 Å². The molecule has 0 N–H and O–H groups in total. The molecule has 0 spiro atoms. The molecule has 13 heteroatoms. The van der Waals surface area contributed by atoms with Gasteiger partial charge in [-0.25, -0.2) is 4.99 Å². The van der Waals surface area contributed by atoms with E-state index in [4.69, 9.17) is 23.7 Å². The molecule has 0 aliphatic carbocycles. The number of rotatable bonds is 8. The smallest absolute Gasteiger partial charge is 0.303 e. The highest BCUT2D eigenvalue weighted by Crippen LogP contribution is 2.38. The summed E-state index contributed by atoms with van der Waals surface area (Å²) in [5.74, 6) is -3.25. The Bertz CT molecular complexity index is 1430. The van der Waals surface area contributed by atoms with E-state index in [-0.39, 0.29) is 17.5 Å². The predicted molar refractivity (Wildman–Crippen MR) is 155 cm³/mol. The average Bonchev–Trinajstić information content (AvgIpc) is 3.25. The maximum atomic E-state index is 13.7. The summed E-state index contributed by atoms with van der Waals surface area (Å²) >= 11 is 0.932. The quantitative estimate of drug-likeness (QED) is 0.246. The molecular weight excluding hydrogens is 580 g/mol. The fourth-order valence-corrected chi connectivity index (χ4v) is 5.67. The van der Waals surface area contributed by atoms with Crippen LogP contribution in [0.5, 0.6) is 0 Å². The van der Waals surface area contributed by atoms with Crippen LogP contribution in [0.2, 0.25) is 0 Å². The van der Waals surface area contributed by atoms with Gasteiger partial charge in [0, 0.05) is 27.7 Å². The van der Waals surface area contributed by atoms with Crippen molar-refractivity contribution in [1.82, 2.24) is 0 Å². The lowest BCUT2D eigenvalue weighted by atomic mass is 9.99. The van der Waals surface area contributed by atoms with Gasteiger partial charge in [-0.1, -0.05) is 60.3 Å². The maximum Gasteiger partial charge on any atom is 0.303 e. The van der Waals surface area contributed by atoms with Gasteiger partial charge >= 0.3 is 23.9 Å². The van der Waals surface area contributed by atoms with Crippen LogP contribution >= 0.6 is 11.8 Å². The molecule has 2 heterocycles. The van der Waals surface area contributed by atoms with Gasteiger partial charge in [-0.15, -0.1) is 0 Å². The van der Waals surface area contributed by atoms with Gasteiger partial charge in [0.1, 0.15) is 18.4 Å². The topological polar surface area (TPSA) is 147 Å². The maximum absolute atomic E-state index is 13.7. The number of amides is 1. The Balaban J connectivity index is 1.78. The Labute approximate surface area is 252 Å². The molecule has 0 saturated carbocycles. The van der Waals surface area contributed by atoms with Gasteiger partial charge in [0.25, 0.3) is 5.91 Å². The van der Waals surface area contributed by atoms with Crippen molar-refractivity contribution in [1.29, 1.82) is 0 Å². The molecule has 2 aliphatic rings. The molecule has 12 nitrogen and oxygen atoms in total. The van der Waals surface area contributed by atoms with Crippen LogP contribution in [0.3, 0.4) is 0 Å². The molecule has 2 aliphatic heterocycles. The zero-order valence-electron chi connectivity index (χ0n) is 23.8. The zero-order chi connectivity index (χ0) is 31.1. The van der Waals surface area contributed by atoms with Crippen molar-refractivity contribution in [3.05, 3.63) is 71.9 Å². The summed E-state index contributed by atoms with van der Waals surface area (Å²) in [4.78, 5) is 67.7. The number of benzene rings is 2. The third kappa shape index (κ3) is 8.08. The Morgan fingerprint density at radius 3 is 1.95 bits per heavy atom. The van der Waals surface area contributed by atoms with Gasteiger partial charge in [0.05, 0.1) is 5.69 Å². The Morgan fingerprint density at radius 2 is 1.37 bits per heavy atom. The highest BCUT2D eigenvalue weighted by Gasteiger charge is 2.53. The monoisotopic (exact) mass is 610 g/mol. The van der Waals surface area contributed by atoms with Crippen molar-refractivity contribution < 1.29 is 47.7 Å². The van der Waals surface area contributed by atoms with Gasteiger partial charge in [0.2, 0.25) is 0 Å². The molecule has 2 aromatic rings. The van der Waals surface area contributed by atoms with Crippen LogP contribution in [0.25, 0.3) is 6.08 Å². The van der Waals surface area contributed by atoms with E-state index >= 15 is 0 Å². The number of nitrogens with zero attached hydrogens (tertiary/aromatic N) is 2. The number of aliphatic imine (C=N–C) groups is 1. The number of esters is 4. The van der Waals surface area contributed by atoms with Crippen LogP contribution < -0.4 is 4.90 Å². The summed E-state index contributed by atoms with van der Waals surface area (Å²) in [6.45, 7) is 4.27. The molecule has 2 aromatic carbocycles. The minimum Gasteiger partial charge on any atom is -0.463 e. The second-order valence-corrected chi connectivity index (χ2v) is 10.6. The first-order chi connectivity index (χ1) is 20.5. The summed E-state index contributed by atoms with van der Waals surface area (Å²) in [6.07, 6.45) is -3.46. The van der Waals surface area contributed by atoms with Crippen LogP contribution in [0.1, 0.15) is 33.3 Å². The van der Waals surface area contributed by atoms with Gasteiger partial charge in [-0.05, 0) is 23.8 Å². The van der Waals surface area contributed by atoms with Gasteiger partial charge < -0.3 is 23.7 Å². The molecular formula is C30H30N2O10S. The number of anilines is 1. The van der Waals surface area contributed by atoms with E-state index in [9.17, 15) is 24.0 Å². The molecule has 1 saturated heterocycles. The highest BCUT2D eigenvalue weighted by molar-refractivity contribution is 8.14. The lowest BCUT2D eigenvalue weighted by molar-refractivity contribution is -0.237. The van der Waals surface area contributed by atoms with Crippen LogP contribution in [-0.4, -0.2) is 71.4 Å². The summed E-state index contributed by atoms with van der Waals surface area (Å²) in [5, 5.41) is 0.180. The molecule has 4 rings (SSSR count). The highest BCUT2D eigenvalue weighted by atomic mass is 32.2. The van der Waals surface area contributed by atoms with E-state index in [1.54, 1.807) is 36.4 Å². The van der Waals surface area contributed by atoms with Gasteiger partial charge in [-0.2, -0.15) is 0 Å². The molecule has 226 valence electrons. The van der Waals surface area contributed by atoms with Crippen LogP contribution in [0, 0.1) is 0 Å². The zero-order valence-corrected chi connectivity index (χ0v) is 24.6. The van der Waals surface area contributed by atoms with Crippen molar-refractivity contribution in [2.75, 3.05) is 11.5 Å². The average molecular weight is 611 g/mol. The fraction of sp³-hybridized carbons (Fsp3) is 0.333. The SMILES string of the molecule is CC(=O)OC[C@@H]1O[C@@H](SC2=N/C(=C\c3ccccc3)C(=O)N2c2ccccc2)[C@H](OC(C)=O)[C@@H](OC(C)=O)[C@@H]1OC(C)=O. The summed E-state index contributed by atoms with van der Waals surface area (Å²) in [5.41, 5.74) is 0.250. The number of ether oxygens (including phenoxy) is 5. The Morgan fingerprint density at radius 1 is 0.814 bits per heavy atom. The molecule has 43 heavy (non-hydrogen) atoms. The molecule has 0 bridgehead atoms. The second kappa shape index (κ2) is 14.1. The standard InChI is InChI=1S/C30H30N2O10S/c1-17(33)38-16-24-25(39-18(2)34)26(40-19(3)35)27(41-20(4)36)29(42-24)43-30-31-23(15-21-11-7-5-8-12-21)28(37)32(30)22-13-9-6-10-14-22/h5-15,24-27,29H,16H2,1-4H3/b23-15-/t24-,25+,26-,27+,29-/m0/s1. The molecule has 0 aromatic heterocycles. The van der Waals surface area contributed by atoms with Crippen molar-refractivity contribution in [3.8, 4) is 0 Å². The lowest BCUT2D eigenvalue weighted by Gasteiger charge is -2.44. The number of thioether (sulfide) groups is 1. The summed E-state index contributed by atoms with van der Waals surface area (Å²) in [6, 6.07) is 17.9. The number of carbonyl (C=O) groups excluding carboxylic acids is 5. The predicted octanol–water partition coefficient (Wildman–Crippen LogP) is 3.25. The lowest BCUT2D eigenvalue weighted by Crippen LogP contribution is -2.61. The van der Waals surface area contributed by atoms with Crippen molar-refractivity contribution in [2.45, 2.75) is 57.5 Å². The first-order valence-corrected chi connectivity index (χ1v) is 14.1. The molecule has 1 fully saturated rings. The van der Waals surface area contributed by atoms with Gasteiger partial charge in [0.15, 0.2) is 28.9 Å². The Kier molecular flexibility index (Phi) is 10.3. The number of amidine groups is 1. The second-order valence-electron chi connectivity index (χ2n) is 9.50. The number of carbonyl (C=O) groups is 5. The van der Waals surface area contributed by atoms with E-state index in [0.29, 0.717) is 5.69 Å². The Hall–Kier alpha value is -4.49. The van der Waals surface area contributed by atoms with E-state index < -0.39 is 59.6 Å². The first kappa shape index (κ1) is 31.4. The van der Waals surface area contributed by atoms with E-state index in [2.05, 4.69) is 4.99 Å². The minimum absolute atomic E-state index is 0.142. The number of para-hydroxylation sites is 1. The van der Waals surface area contributed by atoms with E-state index in [1.807, 2.05) is 30.3 Å². The third-order valence-corrected chi connectivity index (χ3v) is 7.21. The molecule has 5 atom stereocenters. The summed E-state index contributed by atoms with van der Waals surface area (Å²) in [7, 11) is 0. The van der Waals surface area contributed by atoms with Crippen LogP contribution in [-0.2, 0) is 47.7 Å². The van der Waals surface area contributed by atoms with Crippen molar-refractivity contribution >= 4 is 58.5 Å². The van der Waals surface area contributed by atoms with E-state index in [1.165, 1.54) is 11.8 Å². The molecule has 1 amide bonds. The number of hydrogen-bond acceptors (Lipinski definition) is 12. The van der Waals surface area contributed by atoms with Crippen LogP contribution in [0.4, 0.5) is 5.69 Å². The molecule has 0 radical (unpaired) electrons. The third-order valence-electron chi connectivity index (χ3n) is 6.12. The number of hydrogen-bond donors (Lipinski definition) is 0. The van der Waals surface area contributed by atoms with Crippen LogP contribution in [0.15, 0.2) is 71.4 Å². The summed E-state index contributed by atoms with van der Waals surface area (Å²) < 4.78 is 27.9. The largest absolute Gasteiger partial charge is 0.463 e. The normalized spacial score (nSPS) is 24.2. The fourth-order valence-electron chi connectivity index (χ4n) is 4.47. The van der Waals surface area contributed by atoms with E-state index in [0.717, 1.165) is 38.1 Å². The molecule has 0 unspecified atom stereocenters. The minimum atomic E-state index is -1.35.